The summed E-state index contributed by atoms with van der Waals surface area (Å²) in [7, 11) is 2.30. The molecule has 2 atom stereocenters. The molecular formula is C16H33N3. The number of hydrogen-bond donors (Lipinski definition) is 1. The Hall–Kier alpha value is -0.120. The molecule has 3 nitrogen and oxygen atoms in total. The molecule has 0 radical (unpaired) electrons. The molecular weight excluding hydrogens is 234 g/mol. The van der Waals surface area contributed by atoms with Crippen LogP contribution in [0.4, 0.5) is 0 Å². The summed E-state index contributed by atoms with van der Waals surface area (Å²) in [5.74, 6) is 0.889. The molecule has 2 unspecified atom stereocenters. The third kappa shape index (κ3) is 3.93. The van der Waals surface area contributed by atoms with Crippen molar-refractivity contribution >= 4 is 0 Å². The zero-order valence-corrected chi connectivity index (χ0v) is 13.0. The van der Waals surface area contributed by atoms with E-state index in [1.807, 2.05) is 0 Å². The lowest BCUT2D eigenvalue weighted by Crippen LogP contribution is -2.53. The van der Waals surface area contributed by atoms with Gasteiger partial charge >= 0.3 is 0 Å². The molecule has 1 saturated carbocycles. The van der Waals surface area contributed by atoms with E-state index in [1.165, 1.54) is 71.1 Å². The Labute approximate surface area is 119 Å². The molecule has 0 amide bonds. The van der Waals surface area contributed by atoms with Crippen molar-refractivity contribution in [3.8, 4) is 0 Å². The van der Waals surface area contributed by atoms with E-state index in [9.17, 15) is 0 Å². The predicted molar refractivity (Wildman–Crippen MR) is 82.3 cm³/mol. The summed E-state index contributed by atoms with van der Waals surface area (Å²) in [4.78, 5) is 5.20. The van der Waals surface area contributed by atoms with E-state index < -0.39 is 0 Å². The molecule has 2 N–H and O–H groups in total. The van der Waals surface area contributed by atoms with E-state index in [4.69, 9.17) is 5.73 Å². The van der Waals surface area contributed by atoms with Crippen molar-refractivity contribution in [2.24, 2.45) is 11.7 Å². The zero-order chi connectivity index (χ0) is 13.7. The maximum absolute atomic E-state index is 6.18. The molecule has 0 aromatic heterocycles. The van der Waals surface area contributed by atoms with Crippen LogP contribution in [0.25, 0.3) is 0 Å². The monoisotopic (exact) mass is 267 g/mol. The minimum absolute atomic E-state index is 0.282. The highest BCUT2D eigenvalue weighted by Crippen LogP contribution is 2.33. The van der Waals surface area contributed by atoms with Crippen molar-refractivity contribution in [3.05, 3.63) is 0 Å². The Morgan fingerprint density at radius 2 is 1.89 bits per heavy atom. The maximum Gasteiger partial charge on any atom is 0.0329 e. The van der Waals surface area contributed by atoms with Gasteiger partial charge in [-0.1, -0.05) is 19.8 Å². The summed E-state index contributed by atoms with van der Waals surface area (Å²) in [5.41, 5.74) is 6.46. The molecule has 1 aliphatic heterocycles. The summed E-state index contributed by atoms with van der Waals surface area (Å²) in [6.07, 6.45) is 9.47. The lowest BCUT2D eigenvalue weighted by molar-refractivity contribution is 0.0950. The van der Waals surface area contributed by atoms with E-state index in [0.717, 1.165) is 12.5 Å². The molecule has 0 spiro atoms. The summed E-state index contributed by atoms with van der Waals surface area (Å²) >= 11 is 0. The van der Waals surface area contributed by atoms with Crippen LogP contribution in [0.2, 0.25) is 0 Å². The van der Waals surface area contributed by atoms with Gasteiger partial charge in [-0.2, -0.15) is 0 Å². The van der Waals surface area contributed by atoms with Crippen LogP contribution in [-0.4, -0.2) is 55.1 Å². The molecule has 112 valence electrons. The highest BCUT2D eigenvalue weighted by atomic mass is 15.2. The minimum Gasteiger partial charge on any atom is -0.329 e. The van der Waals surface area contributed by atoms with Gasteiger partial charge in [0.05, 0.1) is 0 Å². The van der Waals surface area contributed by atoms with Gasteiger partial charge in [0.1, 0.15) is 0 Å². The maximum atomic E-state index is 6.18. The first kappa shape index (κ1) is 15.3. The lowest BCUT2D eigenvalue weighted by Gasteiger charge is -2.41. The normalized spacial score (nSPS) is 33.8. The van der Waals surface area contributed by atoms with Crippen LogP contribution >= 0.6 is 0 Å². The lowest BCUT2D eigenvalue weighted by atomic mass is 9.88. The van der Waals surface area contributed by atoms with Crippen LogP contribution in [0.15, 0.2) is 0 Å². The first-order valence-corrected chi connectivity index (χ1v) is 8.30. The van der Waals surface area contributed by atoms with E-state index >= 15 is 0 Å². The highest BCUT2D eigenvalue weighted by molar-refractivity contribution is 4.93. The number of likely N-dealkylation sites (N-methyl/N-ethyl adjacent to an activating group) is 1. The molecule has 2 rings (SSSR count). The van der Waals surface area contributed by atoms with Crippen LogP contribution in [0.3, 0.4) is 0 Å². The molecule has 19 heavy (non-hydrogen) atoms. The third-order valence-electron chi connectivity index (χ3n) is 5.58. The molecule has 0 aromatic rings. The highest BCUT2D eigenvalue weighted by Gasteiger charge is 2.34. The smallest absolute Gasteiger partial charge is 0.0329 e. The summed E-state index contributed by atoms with van der Waals surface area (Å²) in [6.45, 7) is 8.26. The van der Waals surface area contributed by atoms with E-state index in [1.54, 1.807) is 0 Å². The average molecular weight is 267 g/mol. The Kier molecular flexibility index (Phi) is 5.67. The van der Waals surface area contributed by atoms with Gasteiger partial charge in [-0.15, -0.1) is 0 Å². The standard InChI is InChI=1S/C16H33N3/c1-15-6-5-8-16(14-17,9-7-15)18(2)12-13-19-10-3-4-11-19/h15H,3-14,17H2,1-2H3. The van der Waals surface area contributed by atoms with Crippen molar-refractivity contribution in [2.75, 3.05) is 39.8 Å². The number of nitrogens with zero attached hydrogens (tertiary/aromatic N) is 2. The van der Waals surface area contributed by atoms with Gasteiger partial charge in [0, 0.05) is 25.2 Å². The third-order valence-corrected chi connectivity index (χ3v) is 5.58. The number of nitrogens with two attached hydrogens (primary N) is 1. The fourth-order valence-corrected chi connectivity index (χ4v) is 3.84. The van der Waals surface area contributed by atoms with E-state index in [2.05, 4.69) is 23.8 Å². The first-order valence-electron chi connectivity index (χ1n) is 8.30. The van der Waals surface area contributed by atoms with Gasteiger partial charge in [0.2, 0.25) is 0 Å². The van der Waals surface area contributed by atoms with Crippen molar-refractivity contribution < 1.29 is 0 Å². The Morgan fingerprint density at radius 1 is 1.16 bits per heavy atom. The fourth-order valence-electron chi connectivity index (χ4n) is 3.84. The second-order valence-corrected chi connectivity index (χ2v) is 6.93. The Balaban J connectivity index is 1.87. The minimum atomic E-state index is 0.282. The van der Waals surface area contributed by atoms with Crippen LogP contribution in [0, 0.1) is 5.92 Å². The van der Waals surface area contributed by atoms with Gasteiger partial charge in [-0.25, -0.2) is 0 Å². The topological polar surface area (TPSA) is 32.5 Å². The van der Waals surface area contributed by atoms with Crippen LogP contribution in [0.5, 0.6) is 0 Å². The first-order chi connectivity index (χ1) is 9.16. The summed E-state index contributed by atoms with van der Waals surface area (Å²) in [5, 5.41) is 0. The molecule has 0 aromatic carbocycles. The molecule has 1 heterocycles. The Morgan fingerprint density at radius 3 is 2.58 bits per heavy atom. The van der Waals surface area contributed by atoms with Gasteiger partial charge in [0.25, 0.3) is 0 Å². The molecule has 0 bridgehead atoms. The molecule has 1 aliphatic carbocycles. The van der Waals surface area contributed by atoms with E-state index in [0.29, 0.717) is 0 Å². The van der Waals surface area contributed by atoms with Crippen molar-refractivity contribution in [3.63, 3.8) is 0 Å². The second kappa shape index (κ2) is 7.05. The summed E-state index contributed by atoms with van der Waals surface area (Å²) < 4.78 is 0. The molecule has 3 heteroatoms. The zero-order valence-electron chi connectivity index (χ0n) is 13.0. The van der Waals surface area contributed by atoms with E-state index in [-0.39, 0.29) is 5.54 Å². The van der Waals surface area contributed by atoms with Gasteiger partial charge in [-0.05, 0) is 58.2 Å². The SMILES string of the molecule is CC1CCCC(CN)(N(C)CCN2CCCC2)CC1. The van der Waals surface area contributed by atoms with Crippen LogP contribution in [0.1, 0.15) is 51.9 Å². The largest absolute Gasteiger partial charge is 0.329 e. The molecule has 1 saturated heterocycles. The number of rotatable bonds is 5. The van der Waals surface area contributed by atoms with Gasteiger partial charge < -0.3 is 10.6 Å². The molecule has 2 aliphatic rings. The summed E-state index contributed by atoms with van der Waals surface area (Å²) in [6, 6.07) is 0. The van der Waals surface area contributed by atoms with Gasteiger partial charge in [0.15, 0.2) is 0 Å². The Bertz CT molecular complexity index is 263. The van der Waals surface area contributed by atoms with Crippen molar-refractivity contribution in [2.45, 2.75) is 57.4 Å². The second-order valence-electron chi connectivity index (χ2n) is 6.93. The number of hydrogen-bond acceptors (Lipinski definition) is 3. The van der Waals surface area contributed by atoms with Crippen molar-refractivity contribution in [1.82, 2.24) is 9.80 Å². The fraction of sp³-hybridized carbons (Fsp3) is 1.00. The van der Waals surface area contributed by atoms with Crippen LogP contribution < -0.4 is 5.73 Å². The van der Waals surface area contributed by atoms with Crippen LogP contribution in [-0.2, 0) is 0 Å². The quantitative estimate of drug-likeness (QED) is 0.776. The average Bonchev–Trinajstić information content (AvgIpc) is 2.86. The van der Waals surface area contributed by atoms with Gasteiger partial charge in [-0.3, -0.25) is 4.90 Å². The number of likely N-dealkylation sites (tertiary alicyclic amines) is 1. The predicted octanol–water partition coefficient (Wildman–Crippen LogP) is 2.31. The molecule has 2 fully saturated rings. The van der Waals surface area contributed by atoms with Crippen molar-refractivity contribution in [1.29, 1.82) is 0 Å².